The van der Waals surface area contributed by atoms with Gasteiger partial charge in [0, 0.05) is 12.0 Å². The summed E-state index contributed by atoms with van der Waals surface area (Å²) in [5.41, 5.74) is 4.82. The van der Waals surface area contributed by atoms with Crippen molar-refractivity contribution in [2.24, 2.45) is 5.10 Å². The number of hydrogen-bond donors (Lipinski definition) is 1. The van der Waals surface area contributed by atoms with E-state index in [-0.39, 0.29) is 11.9 Å². The first kappa shape index (κ1) is 29.1. The Balaban J connectivity index is 1.64. The normalized spacial score (nSPS) is 10.9. The first-order valence-electron chi connectivity index (χ1n) is 13.3. The van der Waals surface area contributed by atoms with Gasteiger partial charge in [0.15, 0.2) is 0 Å². The maximum absolute atomic E-state index is 12.1. The number of rotatable bonds is 18. The fourth-order valence-electron chi connectivity index (χ4n) is 3.91. The van der Waals surface area contributed by atoms with E-state index in [0.717, 1.165) is 24.0 Å². The highest BCUT2D eigenvalue weighted by atomic mass is 16.5. The summed E-state index contributed by atoms with van der Waals surface area (Å²) < 4.78 is 10.6. The molecule has 2 rings (SSSR count). The maximum atomic E-state index is 12.1. The molecule has 0 unspecified atom stereocenters. The van der Waals surface area contributed by atoms with Gasteiger partial charge >= 0.3 is 5.97 Å². The van der Waals surface area contributed by atoms with Crippen LogP contribution in [0.5, 0.6) is 5.75 Å². The molecule has 0 aliphatic heterocycles. The third-order valence-corrected chi connectivity index (χ3v) is 6.09. The molecule has 0 aliphatic rings. The Kier molecular flexibility index (Phi) is 14.7. The minimum Gasteiger partial charge on any atom is -0.488 e. The Hall–Kier alpha value is -3.15. The number of carbonyl (C=O) groups is 2. The Bertz CT molecular complexity index is 925. The molecule has 0 atom stereocenters. The quantitative estimate of drug-likeness (QED) is 0.103. The number of para-hydroxylation sites is 1. The summed E-state index contributed by atoms with van der Waals surface area (Å²) in [5, 5.41) is 4.11. The van der Waals surface area contributed by atoms with Gasteiger partial charge in [0.1, 0.15) is 12.4 Å². The van der Waals surface area contributed by atoms with Crippen LogP contribution in [0.3, 0.4) is 0 Å². The molecule has 6 heteroatoms. The van der Waals surface area contributed by atoms with E-state index in [2.05, 4.69) is 17.5 Å². The third-order valence-electron chi connectivity index (χ3n) is 6.09. The van der Waals surface area contributed by atoms with E-state index in [4.69, 9.17) is 9.47 Å². The highest BCUT2D eigenvalue weighted by Gasteiger charge is 2.06. The van der Waals surface area contributed by atoms with E-state index in [0.29, 0.717) is 24.3 Å². The molecular weight excluding hydrogens is 452 g/mol. The van der Waals surface area contributed by atoms with Crippen LogP contribution in [0.2, 0.25) is 0 Å². The van der Waals surface area contributed by atoms with Gasteiger partial charge in [0.25, 0.3) is 0 Å². The lowest BCUT2D eigenvalue weighted by molar-refractivity contribution is -0.121. The molecule has 2 aromatic carbocycles. The van der Waals surface area contributed by atoms with Crippen LogP contribution < -0.4 is 10.2 Å². The van der Waals surface area contributed by atoms with Crippen LogP contribution in [-0.2, 0) is 16.1 Å². The van der Waals surface area contributed by atoms with Gasteiger partial charge in [-0.15, -0.1) is 0 Å². The van der Waals surface area contributed by atoms with Gasteiger partial charge in [-0.2, -0.15) is 5.10 Å². The van der Waals surface area contributed by atoms with Crippen LogP contribution in [0.15, 0.2) is 53.6 Å². The Morgan fingerprint density at radius 1 is 0.833 bits per heavy atom. The standard InChI is InChI=1S/C30H42N2O4/c1-3-4-5-6-7-8-9-10-11-12-13-18-29(33)32-31-23-27-16-14-15-17-28(27)36-24-25-19-21-26(22-20-25)30(34)35-2/h14-17,19-23H,3-13,18,24H2,1-2H3,(H,32,33)/b31-23+. The molecule has 2 aromatic rings. The number of hydrogen-bond acceptors (Lipinski definition) is 5. The lowest BCUT2D eigenvalue weighted by Gasteiger charge is -2.09. The zero-order chi connectivity index (χ0) is 25.8. The Labute approximate surface area is 216 Å². The second-order valence-electron chi connectivity index (χ2n) is 9.09. The molecule has 1 amide bonds. The molecule has 0 bridgehead atoms. The van der Waals surface area contributed by atoms with Crippen LogP contribution in [0, 0.1) is 0 Å². The molecule has 0 aromatic heterocycles. The van der Waals surface area contributed by atoms with E-state index >= 15 is 0 Å². The van der Waals surface area contributed by atoms with E-state index in [1.54, 1.807) is 18.3 Å². The minimum atomic E-state index is -0.366. The largest absolute Gasteiger partial charge is 0.488 e. The zero-order valence-corrected chi connectivity index (χ0v) is 22.0. The first-order chi connectivity index (χ1) is 17.6. The molecule has 196 valence electrons. The van der Waals surface area contributed by atoms with Crippen molar-refractivity contribution in [3.8, 4) is 5.75 Å². The summed E-state index contributed by atoms with van der Waals surface area (Å²) in [6.07, 6.45) is 16.0. The minimum absolute atomic E-state index is 0.0636. The van der Waals surface area contributed by atoms with Crippen molar-refractivity contribution >= 4 is 18.1 Å². The molecule has 0 radical (unpaired) electrons. The van der Waals surface area contributed by atoms with E-state index in [9.17, 15) is 9.59 Å². The fourth-order valence-corrected chi connectivity index (χ4v) is 3.91. The lowest BCUT2D eigenvalue weighted by atomic mass is 10.1. The molecule has 0 saturated carbocycles. The van der Waals surface area contributed by atoms with Crippen LogP contribution in [0.25, 0.3) is 0 Å². The average Bonchev–Trinajstić information content (AvgIpc) is 2.91. The van der Waals surface area contributed by atoms with Gasteiger partial charge < -0.3 is 9.47 Å². The van der Waals surface area contributed by atoms with Crippen LogP contribution in [0.4, 0.5) is 0 Å². The third kappa shape index (κ3) is 12.0. The summed E-state index contributed by atoms with van der Waals surface area (Å²) in [6, 6.07) is 14.6. The van der Waals surface area contributed by atoms with Crippen molar-refractivity contribution < 1.29 is 19.1 Å². The van der Waals surface area contributed by atoms with Gasteiger partial charge in [0.05, 0.1) is 18.9 Å². The summed E-state index contributed by atoms with van der Waals surface area (Å²) in [5.74, 6) is 0.235. The molecule has 0 heterocycles. The highest BCUT2D eigenvalue weighted by Crippen LogP contribution is 2.18. The number of methoxy groups -OCH3 is 1. The van der Waals surface area contributed by atoms with Crippen molar-refractivity contribution in [3.05, 3.63) is 65.2 Å². The summed E-state index contributed by atoms with van der Waals surface area (Å²) in [4.78, 5) is 23.7. The van der Waals surface area contributed by atoms with Gasteiger partial charge in [-0.05, 0) is 36.2 Å². The number of ether oxygens (including phenoxy) is 2. The fraction of sp³-hybridized carbons (Fsp3) is 0.500. The zero-order valence-electron chi connectivity index (χ0n) is 22.0. The van der Waals surface area contributed by atoms with E-state index in [1.807, 2.05) is 36.4 Å². The summed E-state index contributed by atoms with van der Waals surface area (Å²) >= 11 is 0. The van der Waals surface area contributed by atoms with Crippen molar-refractivity contribution in [2.75, 3.05) is 7.11 Å². The Morgan fingerprint density at radius 3 is 2.08 bits per heavy atom. The van der Waals surface area contributed by atoms with Gasteiger partial charge in [-0.3, -0.25) is 4.79 Å². The lowest BCUT2D eigenvalue weighted by Crippen LogP contribution is -2.17. The number of carbonyl (C=O) groups excluding carboxylic acids is 2. The number of amides is 1. The second kappa shape index (κ2) is 18.2. The van der Waals surface area contributed by atoms with E-state index < -0.39 is 0 Å². The molecule has 0 spiro atoms. The number of esters is 1. The molecule has 0 fully saturated rings. The van der Waals surface area contributed by atoms with Crippen LogP contribution in [0.1, 0.15) is 105 Å². The molecule has 36 heavy (non-hydrogen) atoms. The average molecular weight is 495 g/mol. The van der Waals surface area contributed by atoms with Crippen LogP contribution >= 0.6 is 0 Å². The van der Waals surface area contributed by atoms with Crippen molar-refractivity contribution in [3.63, 3.8) is 0 Å². The molecule has 0 saturated heterocycles. The van der Waals surface area contributed by atoms with Gasteiger partial charge in [0.2, 0.25) is 5.91 Å². The number of hydrazone groups is 1. The second-order valence-corrected chi connectivity index (χ2v) is 9.09. The Morgan fingerprint density at radius 2 is 1.44 bits per heavy atom. The van der Waals surface area contributed by atoms with Crippen molar-refractivity contribution in [2.45, 2.75) is 90.6 Å². The number of nitrogens with one attached hydrogen (secondary N) is 1. The first-order valence-corrected chi connectivity index (χ1v) is 13.3. The maximum Gasteiger partial charge on any atom is 0.337 e. The smallest absolute Gasteiger partial charge is 0.337 e. The topological polar surface area (TPSA) is 77.0 Å². The number of nitrogens with zero attached hydrogens (tertiary/aromatic N) is 1. The highest BCUT2D eigenvalue weighted by molar-refractivity contribution is 5.89. The number of benzene rings is 2. The van der Waals surface area contributed by atoms with Crippen LogP contribution in [-0.4, -0.2) is 25.2 Å². The predicted octanol–water partition coefficient (Wildman–Crippen LogP) is 7.20. The predicted molar refractivity (Wildman–Crippen MR) is 145 cm³/mol. The molecule has 6 nitrogen and oxygen atoms in total. The van der Waals surface area contributed by atoms with Crippen molar-refractivity contribution in [1.29, 1.82) is 0 Å². The SMILES string of the molecule is CCCCCCCCCCCCCC(=O)N/N=C/c1ccccc1OCc1ccc(C(=O)OC)cc1. The molecule has 0 aliphatic carbocycles. The summed E-state index contributed by atoms with van der Waals surface area (Å²) in [6.45, 7) is 2.60. The van der Waals surface area contributed by atoms with Gasteiger partial charge in [-0.25, -0.2) is 10.2 Å². The van der Waals surface area contributed by atoms with Gasteiger partial charge in [-0.1, -0.05) is 95.4 Å². The molecule has 1 N–H and O–H groups in total. The van der Waals surface area contributed by atoms with Crippen molar-refractivity contribution in [1.82, 2.24) is 5.43 Å². The molecular formula is C30H42N2O4. The summed E-state index contributed by atoms with van der Waals surface area (Å²) in [7, 11) is 1.36. The number of unbranched alkanes of at least 4 members (excludes halogenated alkanes) is 10. The monoisotopic (exact) mass is 494 g/mol. The van der Waals surface area contributed by atoms with E-state index in [1.165, 1.54) is 64.9 Å².